The predicted molar refractivity (Wildman–Crippen MR) is 85.7 cm³/mol. The van der Waals surface area contributed by atoms with Gasteiger partial charge in [-0.15, -0.1) is 0 Å². The molecule has 0 unspecified atom stereocenters. The highest BCUT2D eigenvalue weighted by molar-refractivity contribution is 7.89. The normalized spacial score (nSPS) is 11.9. The van der Waals surface area contributed by atoms with Crippen molar-refractivity contribution in [3.63, 3.8) is 0 Å². The molecular weight excluding hydrogens is 301 g/mol. The molecule has 0 aliphatic heterocycles. The maximum Gasteiger partial charge on any atom is 0.243 e. The zero-order valence-corrected chi connectivity index (χ0v) is 14.0. The Morgan fingerprint density at radius 1 is 1.05 bits per heavy atom. The Hall–Kier alpha value is -1.72. The van der Waals surface area contributed by atoms with Crippen molar-refractivity contribution >= 4 is 10.0 Å². The van der Waals surface area contributed by atoms with Crippen LogP contribution >= 0.6 is 0 Å². The lowest BCUT2D eigenvalue weighted by molar-refractivity contribution is 0.464. The number of nitrogens with zero attached hydrogens (tertiary/aromatic N) is 1. The van der Waals surface area contributed by atoms with Gasteiger partial charge in [0.2, 0.25) is 10.0 Å². The smallest absolute Gasteiger partial charge is 0.207 e. The lowest BCUT2D eigenvalue weighted by Gasteiger charge is -2.20. The van der Waals surface area contributed by atoms with Crippen molar-refractivity contribution in [3.8, 4) is 0 Å². The van der Waals surface area contributed by atoms with Gasteiger partial charge in [0, 0.05) is 13.6 Å². The summed E-state index contributed by atoms with van der Waals surface area (Å²) >= 11 is 0. The molecule has 0 spiro atoms. The fourth-order valence-electron chi connectivity index (χ4n) is 2.71. The van der Waals surface area contributed by atoms with Crippen molar-refractivity contribution in [2.24, 2.45) is 0 Å². The maximum atomic E-state index is 13.2. The summed E-state index contributed by atoms with van der Waals surface area (Å²) in [7, 11) is -2.10. The van der Waals surface area contributed by atoms with Crippen LogP contribution in [0, 0.1) is 26.6 Å². The molecule has 0 amide bonds. The van der Waals surface area contributed by atoms with E-state index in [1.165, 1.54) is 23.5 Å². The summed E-state index contributed by atoms with van der Waals surface area (Å²) in [6.07, 6.45) is 0. The molecule has 0 aromatic heterocycles. The number of hydrogen-bond donors (Lipinski definition) is 0. The van der Waals surface area contributed by atoms with E-state index in [4.69, 9.17) is 0 Å². The Bertz CT molecular complexity index is 777. The molecular formula is C17H20FNO2S. The van der Waals surface area contributed by atoms with Gasteiger partial charge in [-0.3, -0.25) is 0 Å². The van der Waals surface area contributed by atoms with Gasteiger partial charge in [-0.05, 0) is 49.6 Å². The summed E-state index contributed by atoms with van der Waals surface area (Å²) < 4.78 is 40.1. The molecule has 0 bridgehead atoms. The van der Waals surface area contributed by atoms with Crippen molar-refractivity contribution in [1.29, 1.82) is 0 Å². The molecule has 0 fully saturated rings. The number of hydrogen-bond acceptors (Lipinski definition) is 2. The van der Waals surface area contributed by atoms with Crippen LogP contribution in [-0.4, -0.2) is 19.8 Å². The van der Waals surface area contributed by atoms with Crippen LogP contribution in [0.15, 0.2) is 41.3 Å². The first kappa shape index (κ1) is 16.6. The largest absolute Gasteiger partial charge is 0.243 e. The summed E-state index contributed by atoms with van der Waals surface area (Å²) in [4.78, 5) is 0.331. The van der Waals surface area contributed by atoms with E-state index >= 15 is 0 Å². The summed E-state index contributed by atoms with van der Waals surface area (Å²) in [5.74, 6) is -0.369. The SMILES string of the molecule is Cc1cc(C)c(S(=O)(=O)N(C)Cc2cccc(F)c2)c(C)c1. The number of sulfonamides is 1. The molecule has 2 aromatic rings. The van der Waals surface area contributed by atoms with Crippen LogP contribution < -0.4 is 0 Å². The van der Waals surface area contributed by atoms with Gasteiger partial charge < -0.3 is 0 Å². The summed E-state index contributed by atoms with van der Waals surface area (Å²) in [5.41, 5.74) is 3.10. The molecule has 0 aliphatic rings. The van der Waals surface area contributed by atoms with Gasteiger partial charge in [-0.2, -0.15) is 4.31 Å². The summed E-state index contributed by atoms with van der Waals surface area (Å²) in [6.45, 7) is 5.66. The number of halogens is 1. The minimum Gasteiger partial charge on any atom is -0.207 e. The van der Waals surface area contributed by atoms with E-state index in [9.17, 15) is 12.8 Å². The van der Waals surface area contributed by atoms with E-state index in [1.807, 2.05) is 19.1 Å². The molecule has 0 saturated heterocycles. The van der Waals surface area contributed by atoms with Gasteiger partial charge >= 0.3 is 0 Å². The fraction of sp³-hybridized carbons (Fsp3) is 0.294. The summed E-state index contributed by atoms with van der Waals surface area (Å²) in [5, 5.41) is 0. The van der Waals surface area contributed by atoms with Gasteiger partial charge in [-0.25, -0.2) is 12.8 Å². The van der Waals surface area contributed by atoms with Crippen LogP contribution in [0.2, 0.25) is 0 Å². The second kappa shape index (κ2) is 6.18. The van der Waals surface area contributed by atoms with Crippen LogP contribution in [0.4, 0.5) is 4.39 Å². The molecule has 22 heavy (non-hydrogen) atoms. The zero-order chi connectivity index (χ0) is 16.5. The van der Waals surface area contributed by atoms with Crippen LogP contribution in [0.25, 0.3) is 0 Å². The molecule has 0 N–H and O–H groups in total. The van der Waals surface area contributed by atoms with Gasteiger partial charge in [-0.1, -0.05) is 29.8 Å². The second-order valence-corrected chi connectivity index (χ2v) is 7.60. The lowest BCUT2D eigenvalue weighted by atomic mass is 10.1. The van der Waals surface area contributed by atoms with E-state index in [-0.39, 0.29) is 12.4 Å². The number of aryl methyl sites for hydroxylation is 3. The monoisotopic (exact) mass is 321 g/mol. The standard InChI is InChI=1S/C17H20FNO2S/c1-12-8-13(2)17(14(3)9-12)22(20,21)19(4)11-15-6-5-7-16(18)10-15/h5-10H,11H2,1-4H3. The minimum atomic E-state index is -3.62. The first-order valence-corrected chi connectivity index (χ1v) is 8.44. The highest BCUT2D eigenvalue weighted by atomic mass is 32.2. The van der Waals surface area contributed by atoms with Gasteiger partial charge in [0.05, 0.1) is 4.90 Å². The first-order chi connectivity index (χ1) is 10.2. The Morgan fingerprint density at radius 2 is 1.64 bits per heavy atom. The van der Waals surface area contributed by atoms with Crippen LogP contribution in [-0.2, 0) is 16.6 Å². The van der Waals surface area contributed by atoms with Crippen LogP contribution in [0.5, 0.6) is 0 Å². The highest BCUT2D eigenvalue weighted by Crippen LogP contribution is 2.25. The molecule has 0 aliphatic carbocycles. The lowest BCUT2D eigenvalue weighted by Crippen LogP contribution is -2.28. The van der Waals surface area contributed by atoms with Gasteiger partial charge in [0.15, 0.2) is 0 Å². The second-order valence-electron chi connectivity index (χ2n) is 5.62. The zero-order valence-electron chi connectivity index (χ0n) is 13.2. The van der Waals surface area contributed by atoms with Gasteiger partial charge in [0.25, 0.3) is 0 Å². The van der Waals surface area contributed by atoms with Crippen molar-refractivity contribution in [3.05, 3.63) is 64.5 Å². The first-order valence-electron chi connectivity index (χ1n) is 7.00. The van der Waals surface area contributed by atoms with Crippen molar-refractivity contribution in [2.75, 3.05) is 7.05 Å². The molecule has 2 aromatic carbocycles. The number of benzene rings is 2. The average Bonchev–Trinajstić information content (AvgIpc) is 2.36. The summed E-state index contributed by atoms with van der Waals surface area (Å²) in [6, 6.07) is 9.69. The van der Waals surface area contributed by atoms with Crippen molar-refractivity contribution in [1.82, 2.24) is 4.31 Å². The quantitative estimate of drug-likeness (QED) is 0.863. The topological polar surface area (TPSA) is 37.4 Å². The van der Waals surface area contributed by atoms with Gasteiger partial charge in [0.1, 0.15) is 5.82 Å². The Labute approximate surface area is 131 Å². The molecule has 5 heteroatoms. The third kappa shape index (κ3) is 3.36. The third-order valence-corrected chi connectivity index (χ3v) is 5.68. The van der Waals surface area contributed by atoms with Crippen molar-refractivity contribution in [2.45, 2.75) is 32.2 Å². The minimum absolute atomic E-state index is 0.132. The number of rotatable bonds is 4. The van der Waals surface area contributed by atoms with E-state index in [0.29, 0.717) is 10.5 Å². The molecule has 0 saturated carbocycles. The van der Waals surface area contributed by atoms with Crippen LogP contribution in [0.3, 0.4) is 0 Å². The van der Waals surface area contributed by atoms with E-state index in [1.54, 1.807) is 26.0 Å². The van der Waals surface area contributed by atoms with E-state index in [2.05, 4.69) is 0 Å². The Morgan fingerprint density at radius 3 is 2.18 bits per heavy atom. The highest BCUT2D eigenvalue weighted by Gasteiger charge is 2.25. The average molecular weight is 321 g/mol. The molecule has 3 nitrogen and oxygen atoms in total. The Kier molecular flexibility index (Phi) is 4.68. The molecule has 2 rings (SSSR count). The molecule has 0 radical (unpaired) electrons. The van der Waals surface area contributed by atoms with Crippen molar-refractivity contribution < 1.29 is 12.8 Å². The predicted octanol–water partition coefficient (Wildman–Crippen LogP) is 3.57. The maximum absolute atomic E-state index is 13.2. The Balaban J connectivity index is 2.38. The van der Waals surface area contributed by atoms with Crippen LogP contribution in [0.1, 0.15) is 22.3 Å². The molecule has 118 valence electrons. The third-order valence-electron chi connectivity index (χ3n) is 3.57. The molecule has 0 heterocycles. The van der Waals surface area contributed by atoms with E-state index in [0.717, 1.165) is 16.7 Å². The van der Waals surface area contributed by atoms with E-state index < -0.39 is 10.0 Å². The molecule has 0 atom stereocenters. The fourth-order valence-corrected chi connectivity index (χ4v) is 4.27.